The molecule has 2 atom stereocenters. The van der Waals surface area contributed by atoms with E-state index in [0.29, 0.717) is 0 Å². The van der Waals surface area contributed by atoms with Crippen LogP contribution >= 0.6 is 0 Å². The van der Waals surface area contributed by atoms with E-state index in [0.717, 1.165) is 30.7 Å². The minimum atomic E-state index is -4.30. The van der Waals surface area contributed by atoms with Crippen molar-refractivity contribution in [3.63, 3.8) is 0 Å². The summed E-state index contributed by atoms with van der Waals surface area (Å²) >= 11 is 0. The molecular weight excluding hydrogens is 293 g/mol. The monoisotopic (exact) mass is 310 g/mol. The fraction of sp³-hybridized carbons (Fsp3) is 0.438. The predicted molar refractivity (Wildman–Crippen MR) is 75.4 cm³/mol. The van der Waals surface area contributed by atoms with E-state index in [1.807, 2.05) is 6.07 Å². The second kappa shape index (κ2) is 5.76. The molecule has 1 saturated heterocycles. The first-order valence-electron chi connectivity index (χ1n) is 7.27. The van der Waals surface area contributed by atoms with E-state index in [1.165, 1.54) is 13.0 Å². The Balaban J connectivity index is 1.80. The van der Waals surface area contributed by atoms with Crippen molar-refractivity contribution < 1.29 is 17.7 Å². The highest BCUT2D eigenvalue weighted by molar-refractivity contribution is 5.35. The summed E-state index contributed by atoms with van der Waals surface area (Å²) in [6, 6.07) is 6.25. The number of aryl methyl sites for hydroxylation is 1. The van der Waals surface area contributed by atoms with Gasteiger partial charge in [0.2, 0.25) is 0 Å². The fourth-order valence-corrected chi connectivity index (χ4v) is 3.09. The Hall–Kier alpha value is -1.82. The van der Waals surface area contributed by atoms with Crippen LogP contribution in [-0.2, 0) is 6.18 Å². The number of hydrogen-bond donors (Lipinski definition) is 1. The molecule has 1 aliphatic heterocycles. The molecule has 1 aromatic heterocycles. The highest BCUT2D eigenvalue weighted by Crippen LogP contribution is 2.37. The molecule has 1 aromatic carbocycles. The molecule has 1 N–H and O–H groups in total. The van der Waals surface area contributed by atoms with Gasteiger partial charge in [0, 0.05) is 18.0 Å². The van der Waals surface area contributed by atoms with Crippen molar-refractivity contribution in [2.24, 2.45) is 0 Å². The van der Waals surface area contributed by atoms with Gasteiger partial charge < -0.3 is 9.84 Å². The minimum Gasteiger partial charge on any atom is -0.361 e. The van der Waals surface area contributed by atoms with Gasteiger partial charge >= 0.3 is 6.18 Å². The lowest BCUT2D eigenvalue weighted by molar-refractivity contribution is -0.138. The highest BCUT2D eigenvalue weighted by atomic mass is 19.4. The van der Waals surface area contributed by atoms with Crippen LogP contribution in [0.5, 0.6) is 0 Å². The summed E-state index contributed by atoms with van der Waals surface area (Å²) in [6.45, 7) is 2.30. The van der Waals surface area contributed by atoms with Crippen molar-refractivity contribution in [2.75, 3.05) is 6.54 Å². The van der Waals surface area contributed by atoms with Crippen molar-refractivity contribution in [3.05, 3.63) is 52.9 Å². The second-order valence-corrected chi connectivity index (χ2v) is 5.71. The van der Waals surface area contributed by atoms with Crippen LogP contribution in [0, 0.1) is 6.92 Å². The molecule has 2 heterocycles. The van der Waals surface area contributed by atoms with Crippen molar-refractivity contribution in [3.8, 4) is 0 Å². The van der Waals surface area contributed by atoms with Gasteiger partial charge in [0.15, 0.2) is 0 Å². The summed E-state index contributed by atoms with van der Waals surface area (Å²) in [5.74, 6) is 1.09. The number of hydrogen-bond acceptors (Lipinski definition) is 3. The van der Waals surface area contributed by atoms with Crippen LogP contribution in [0.2, 0.25) is 0 Å². The number of benzene rings is 1. The molecule has 3 rings (SSSR count). The molecule has 6 heteroatoms. The standard InChI is InChI=1S/C16H17F3N2O/c1-10-8-11(2-3-13(10)16(17,18)19)14-9-12(4-6-20-14)15-5-7-21-22-15/h2-3,5,7-8,12,14,20H,4,6,9H2,1H3/t12-,14+/m1/s1. The molecule has 0 aliphatic carbocycles. The summed E-state index contributed by atoms with van der Waals surface area (Å²) in [6.07, 6.45) is -0.953. The number of aromatic nitrogens is 1. The summed E-state index contributed by atoms with van der Waals surface area (Å²) in [4.78, 5) is 0. The summed E-state index contributed by atoms with van der Waals surface area (Å²) in [7, 11) is 0. The number of nitrogens with zero attached hydrogens (tertiary/aromatic N) is 1. The summed E-state index contributed by atoms with van der Waals surface area (Å²) in [5.41, 5.74) is 0.571. The number of rotatable bonds is 2. The van der Waals surface area contributed by atoms with Crippen LogP contribution in [-0.4, -0.2) is 11.7 Å². The van der Waals surface area contributed by atoms with E-state index < -0.39 is 11.7 Å². The van der Waals surface area contributed by atoms with E-state index in [-0.39, 0.29) is 17.5 Å². The van der Waals surface area contributed by atoms with Gasteiger partial charge in [-0.2, -0.15) is 13.2 Å². The van der Waals surface area contributed by atoms with E-state index in [1.54, 1.807) is 18.3 Å². The molecule has 0 spiro atoms. The zero-order valence-corrected chi connectivity index (χ0v) is 12.2. The first-order chi connectivity index (χ1) is 10.4. The van der Waals surface area contributed by atoms with Gasteiger partial charge in [0.1, 0.15) is 5.76 Å². The topological polar surface area (TPSA) is 38.1 Å². The average molecular weight is 310 g/mol. The Morgan fingerprint density at radius 1 is 1.27 bits per heavy atom. The van der Waals surface area contributed by atoms with Crippen LogP contribution in [0.3, 0.4) is 0 Å². The first kappa shape index (κ1) is 15.1. The van der Waals surface area contributed by atoms with Gasteiger partial charge in [-0.1, -0.05) is 17.3 Å². The Bertz CT molecular complexity index is 637. The minimum absolute atomic E-state index is 0.0323. The molecule has 0 amide bonds. The lowest BCUT2D eigenvalue weighted by Crippen LogP contribution is -2.31. The highest BCUT2D eigenvalue weighted by Gasteiger charge is 2.33. The third-order valence-corrected chi connectivity index (χ3v) is 4.22. The van der Waals surface area contributed by atoms with Gasteiger partial charge in [0.05, 0.1) is 11.8 Å². The molecule has 3 nitrogen and oxygen atoms in total. The molecule has 22 heavy (non-hydrogen) atoms. The van der Waals surface area contributed by atoms with Gasteiger partial charge in [-0.25, -0.2) is 0 Å². The van der Waals surface area contributed by atoms with E-state index in [2.05, 4.69) is 10.5 Å². The van der Waals surface area contributed by atoms with E-state index in [4.69, 9.17) is 4.52 Å². The third kappa shape index (κ3) is 3.02. The fourth-order valence-electron chi connectivity index (χ4n) is 3.09. The molecule has 1 fully saturated rings. The van der Waals surface area contributed by atoms with E-state index in [9.17, 15) is 13.2 Å². The maximum atomic E-state index is 12.8. The van der Waals surface area contributed by atoms with Crippen molar-refractivity contribution in [1.82, 2.24) is 10.5 Å². The van der Waals surface area contributed by atoms with Crippen LogP contribution in [0.4, 0.5) is 13.2 Å². The molecule has 0 bridgehead atoms. The summed E-state index contributed by atoms with van der Waals surface area (Å²) < 4.78 is 43.7. The van der Waals surface area contributed by atoms with Crippen molar-refractivity contribution >= 4 is 0 Å². The van der Waals surface area contributed by atoms with Gasteiger partial charge in [-0.15, -0.1) is 0 Å². The Labute approximate surface area is 126 Å². The Morgan fingerprint density at radius 2 is 2.09 bits per heavy atom. The summed E-state index contributed by atoms with van der Waals surface area (Å²) in [5, 5.41) is 7.10. The molecule has 118 valence electrons. The van der Waals surface area contributed by atoms with Crippen molar-refractivity contribution in [2.45, 2.75) is 37.9 Å². The second-order valence-electron chi connectivity index (χ2n) is 5.71. The first-order valence-corrected chi connectivity index (χ1v) is 7.27. The molecule has 0 radical (unpaired) electrons. The zero-order valence-electron chi connectivity index (χ0n) is 12.2. The number of halogens is 3. The van der Waals surface area contributed by atoms with E-state index >= 15 is 0 Å². The zero-order chi connectivity index (χ0) is 15.7. The third-order valence-electron chi connectivity index (χ3n) is 4.22. The van der Waals surface area contributed by atoms with Crippen LogP contribution in [0.1, 0.15) is 47.3 Å². The maximum absolute atomic E-state index is 12.8. The molecular formula is C16H17F3N2O. The molecule has 0 unspecified atom stereocenters. The van der Waals surface area contributed by atoms with Crippen molar-refractivity contribution in [1.29, 1.82) is 0 Å². The Kier molecular flexibility index (Phi) is 3.95. The quantitative estimate of drug-likeness (QED) is 0.903. The maximum Gasteiger partial charge on any atom is 0.416 e. The largest absolute Gasteiger partial charge is 0.416 e. The van der Waals surface area contributed by atoms with Crippen LogP contribution in [0.15, 0.2) is 35.0 Å². The molecule has 2 aromatic rings. The van der Waals surface area contributed by atoms with Crippen LogP contribution in [0.25, 0.3) is 0 Å². The smallest absolute Gasteiger partial charge is 0.361 e. The molecule has 0 saturated carbocycles. The van der Waals surface area contributed by atoms with Crippen LogP contribution < -0.4 is 5.32 Å². The average Bonchev–Trinajstić information content (AvgIpc) is 3.00. The predicted octanol–water partition coefficient (Wildman–Crippen LogP) is 4.21. The molecule has 1 aliphatic rings. The van der Waals surface area contributed by atoms with Gasteiger partial charge in [-0.3, -0.25) is 0 Å². The number of nitrogens with one attached hydrogen (secondary N) is 1. The normalized spacial score (nSPS) is 22.7. The van der Waals surface area contributed by atoms with Gasteiger partial charge in [-0.05, 0) is 43.5 Å². The number of piperidine rings is 1. The van der Waals surface area contributed by atoms with Gasteiger partial charge in [0.25, 0.3) is 0 Å². The Morgan fingerprint density at radius 3 is 2.73 bits per heavy atom. The lowest BCUT2D eigenvalue weighted by Gasteiger charge is -2.29. The SMILES string of the molecule is Cc1cc([C@@H]2C[C@H](c3ccno3)CCN2)ccc1C(F)(F)F. The lowest BCUT2D eigenvalue weighted by atomic mass is 9.86. The number of alkyl halides is 3.